The number of benzene rings is 1. The minimum absolute atomic E-state index is 0.00514. The van der Waals surface area contributed by atoms with E-state index in [1.54, 1.807) is 23.5 Å². The maximum atomic E-state index is 12.9. The van der Waals surface area contributed by atoms with Crippen molar-refractivity contribution in [1.82, 2.24) is 9.62 Å². The number of rotatable bonds is 6. The van der Waals surface area contributed by atoms with Crippen LogP contribution in [0, 0.1) is 0 Å². The van der Waals surface area contributed by atoms with Crippen molar-refractivity contribution in [3.63, 3.8) is 0 Å². The van der Waals surface area contributed by atoms with Gasteiger partial charge in [0.15, 0.2) is 0 Å². The lowest BCUT2D eigenvalue weighted by Crippen LogP contribution is -2.43. The predicted molar refractivity (Wildman–Crippen MR) is 82.6 cm³/mol. The average Bonchev–Trinajstić information content (AvgIpc) is 2.53. The zero-order valence-corrected chi connectivity index (χ0v) is 13.5. The lowest BCUT2D eigenvalue weighted by molar-refractivity contribution is 0.0571. The fraction of sp³-hybridized carbons (Fsp3) is 0.600. The largest absolute Gasteiger partial charge is 0.380 e. The van der Waals surface area contributed by atoms with E-state index in [0.29, 0.717) is 24.5 Å². The van der Waals surface area contributed by atoms with Gasteiger partial charge < -0.3 is 10.1 Å². The van der Waals surface area contributed by atoms with Gasteiger partial charge in [-0.25, -0.2) is 8.42 Å². The van der Waals surface area contributed by atoms with Crippen LogP contribution in [-0.2, 0) is 21.3 Å². The van der Waals surface area contributed by atoms with E-state index < -0.39 is 10.0 Å². The smallest absolute Gasteiger partial charge is 0.243 e. The van der Waals surface area contributed by atoms with E-state index in [1.165, 1.54) is 0 Å². The molecule has 2 rings (SSSR count). The van der Waals surface area contributed by atoms with Crippen molar-refractivity contribution in [2.24, 2.45) is 0 Å². The first-order chi connectivity index (χ1) is 10.1. The van der Waals surface area contributed by atoms with Crippen molar-refractivity contribution >= 4 is 10.0 Å². The van der Waals surface area contributed by atoms with Crippen LogP contribution in [0.2, 0.25) is 0 Å². The molecule has 1 heterocycles. The fourth-order valence-electron chi connectivity index (χ4n) is 2.62. The Labute approximate surface area is 127 Å². The van der Waals surface area contributed by atoms with Gasteiger partial charge in [0.2, 0.25) is 10.0 Å². The van der Waals surface area contributed by atoms with E-state index in [-0.39, 0.29) is 6.10 Å². The van der Waals surface area contributed by atoms with Crippen LogP contribution < -0.4 is 5.32 Å². The van der Waals surface area contributed by atoms with Crippen LogP contribution in [0.1, 0.15) is 25.3 Å². The first kappa shape index (κ1) is 16.4. The number of nitrogens with zero attached hydrogens (tertiary/aromatic N) is 1. The van der Waals surface area contributed by atoms with Gasteiger partial charge in [-0.15, -0.1) is 0 Å². The molecule has 0 saturated carbocycles. The van der Waals surface area contributed by atoms with Gasteiger partial charge in [0, 0.05) is 26.7 Å². The lowest BCUT2D eigenvalue weighted by atomic mass is 10.1. The van der Waals surface area contributed by atoms with Crippen molar-refractivity contribution in [1.29, 1.82) is 0 Å². The third kappa shape index (κ3) is 3.83. The molecule has 1 atom stereocenters. The highest BCUT2D eigenvalue weighted by Gasteiger charge is 2.31. The predicted octanol–water partition coefficient (Wildman–Crippen LogP) is 1.60. The number of methoxy groups -OCH3 is 1. The van der Waals surface area contributed by atoms with Crippen molar-refractivity contribution in [2.45, 2.75) is 37.3 Å². The van der Waals surface area contributed by atoms with Crippen molar-refractivity contribution in [3.05, 3.63) is 29.8 Å². The Morgan fingerprint density at radius 1 is 1.38 bits per heavy atom. The van der Waals surface area contributed by atoms with Gasteiger partial charge in [0.25, 0.3) is 0 Å². The van der Waals surface area contributed by atoms with Gasteiger partial charge in [0.05, 0.1) is 11.0 Å². The number of ether oxygens (including phenoxy) is 1. The molecule has 1 fully saturated rings. The monoisotopic (exact) mass is 312 g/mol. The minimum atomic E-state index is -3.45. The van der Waals surface area contributed by atoms with E-state index in [0.717, 1.165) is 24.9 Å². The van der Waals surface area contributed by atoms with Gasteiger partial charge in [-0.3, -0.25) is 0 Å². The molecule has 1 N–H and O–H groups in total. The summed E-state index contributed by atoms with van der Waals surface area (Å²) in [7, 11) is -1.81. The normalized spacial score (nSPS) is 20.6. The number of nitrogens with one attached hydrogen (secondary N) is 1. The molecule has 1 aliphatic rings. The standard InChI is InChI=1S/C15H24N2O3S/c1-3-16-11-13-7-4-5-9-15(13)21(18,19)17-10-6-8-14(12-17)20-2/h4-5,7,9,14,16H,3,6,8,10-12H2,1-2H3. The molecule has 0 radical (unpaired) electrons. The molecular weight excluding hydrogens is 288 g/mol. The molecule has 1 aliphatic heterocycles. The fourth-order valence-corrected chi connectivity index (χ4v) is 4.35. The van der Waals surface area contributed by atoms with Gasteiger partial charge >= 0.3 is 0 Å². The highest BCUT2D eigenvalue weighted by molar-refractivity contribution is 7.89. The first-order valence-electron chi connectivity index (χ1n) is 7.41. The van der Waals surface area contributed by atoms with Gasteiger partial charge in [-0.2, -0.15) is 4.31 Å². The number of sulfonamides is 1. The molecular formula is C15H24N2O3S. The molecule has 0 aromatic heterocycles. The van der Waals surface area contributed by atoms with Crippen LogP contribution in [0.15, 0.2) is 29.2 Å². The molecule has 0 spiro atoms. The summed E-state index contributed by atoms with van der Waals surface area (Å²) in [5.41, 5.74) is 0.818. The zero-order valence-electron chi connectivity index (χ0n) is 12.7. The molecule has 6 heteroatoms. The topological polar surface area (TPSA) is 58.6 Å². The number of hydrogen-bond acceptors (Lipinski definition) is 4. The molecule has 0 bridgehead atoms. The SMILES string of the molecule is CCNCc1ccccc1S(=O)(=O)N1CCCC(OC)C1. The van der Waals surface area contributed by atoms with Crippen LogP contribution >= 0.6 is 0 Å². The Kier molecular flexibility index (Phi) is 5.75. The second-order valence-electron chi connectivity index (χ2n) is 5.25. The third-order valence-electron chi connectivity index (χ3n) is 3.83. The number of hydrogen-bond donors (Lipinski definition) is 1. The van der Waals surface area contributed by atoms with Crippen LogP contribution in [0.5, 0.6) is 0 Å². The van der Waals surface area contributed by atoms with Gasteiger partial charge in [-0.1, -0.05) is 25.1 Å². The second-order valence-corrected chi connectivity index (χ2v) is 7.16. The van der Waals surface area contributed by atoms with Crippen LogP contribution in [0.4, 0.5) is 0 Å². The molecule has 0 aliphatic carbocycles. The second kappa shape index (κ2) is 7.35. The highest BCUT2D eigenvalue weighted by Crippen LogP contribution is 2.24. The Bertz CT molecular complexity index is 560. The van der Waals surface area contributed by atoms with Crippen LogP contribution in [-0.4, -0.2) is 45.6 Å². The summed E-state index contributed by atoms with van der Waals surface area (Å²) in [6.45, 7) is 4.38. The Hall–Kier alpha value is -0.950. The maximum absolute atomic E-state index is 12.9. The van der Waals surface area contributed by atoms with Crippen molar-refractivity contribution in [3.8, 4) is 0 Å². The molecule has 0 amide bonds. The number of piperidine rings is 1. The summed E-state index contributed by atoms with van der Waals surface area (Å²) in [5.74, 6) is 0. The van der Waals surface area contributed by atoms with Crippen molar-refractivity contribution in [2.75, 3.05) is 26.7 Å². The molecule has 1 aromatic carbocycles. The van der Waals surface area contributed by atoms with Crippen LogP contribution in [0.3, 0.4) is 0 Å². The lowest BCUT2D eigenvalue weighted by Gasteiger charge is -2.31. The third-order valence-corrected chi connectivity index (χ3v) is 5.80. The van der Waals surface area contributed by atoms with E-state index in [4.69, 9.17) is 4.74 Å². The maximum Gasteiger partial charge on any atom is 0.243 e. The van der Waals surface area contributed by atoms with Gasteiger partial charge in [-0.05, 0) is 31.0 Å². The Morgan fingerprint density at radius 2 is 2.14 bits per heavy atom. The van der Waals surface area contributed by atoms with Crippen LogP contribution in [0.25, 0.3) is 0 Å². The Morgan fingerprint density at radius 3 is 2.86 bits per heavy atom. The Balaban J connectivity index is 2.26. The molecule has 21 heavy (non-hydrogen) atoms. The van der Waals surface area contributed by atoms with Gasteiger partial charge in [0.1, 0.15) is 0 Å². The van der Waals surface area contributed by atoms with E-state index in [9.17, 15) is 8.42 Å². The first-order valence-corrected chi connectivity index (χ1v) is 8.85. The summed E-state index contributed by atoms with van der Waals surface area (Å²) in [5, 5.41) is 3.19. The molecule has 1 saturated heterocycles. The van der Waals surface area contributed by atoms with E-state index in [2.05, 4.69) is 5.32 Å². The minimum Gasteiger partial charge on any atom is -0.380 e. The highest BCUT2D eigenvalue weighted by atomic mass is 32.2. The zero-order chi connectivity index (χ0) is 15.3. The summed E-state index contributed by atoms with van der Waals surface area (Å²) in [6.07, 6.45) is 1.75. The van der Waals surface area contributed by atoms with E-state index in [1.807, 2.05) is 19.1 Å². The molecule has 118 valence electrons. The summed E-state index contributed by atoms with van der Waals surface area (Å²) < 4.78 is 32.6. The summed E-state index contributed by atoms with van der Waals surface area (Å²) >= 11 is 0. The summed E-state index contributed by atoms with van der Waals surface area (Å²) in [4.78, 5) is 0.405. The molecule has 5 nitrogen and oxygen atoms in total. The molecule has 1 aromatic rings. The van der Waals surface area contributed by atoms with Crippen molar-refractivity contribution < 1.29 is 13.2 Å². The molecule has 1 unspecified atom stereocenters. The quantitative estimate of drug-likeness (QED) is 0.867. The average molecular weight is 312 g/mol. The summed E-state index contributed by atoms with van der Waals surface area (Å²) in [6, 6.07) is 7.21. The van der Waals surface area contributed by atoms with E-state index >= 15 is 0 Å².